The lowest BCUT2D eigenvalue weighted by atomic mass is 10.1. The fraction of sp³-hybridized carbons (Fsp3) is 0.240. The van der Waals surface area contributed by atoms with Gasteiger partial charge < -0.3 is 20.2 Å². The number of halogens is 1. The first-order valence-electron chi connectivity index (χ1n) is 10.7. The highest BCUT2D eigenvalue weighted by atomic mass is 35.5. The number of carboxylic acids is 1. The van der Waals surface area contributed by atoms with Crippen molar-refractivity contribution in [2.75, 3.05) is 34.8 Å². The van der Waals surface area contributed by atoms with Gasteiger partial charge in [0.2, 0.25) is 0 Å². The van der Waals surface area contributed by atoms with Crippen LogP contribution in [0.3, 0.4) is 0 Å². The number of aromatic carboxylic acids is 1. The molecule has 2 aromatic carbocycles. The third kappa shape index (κ3) is 5.09. The normalized spacial score (nSPS) is 15.9. The number of nitrogens with zero attached hydrogens (tertiary/aromatic N) is 3. The van der Waals surface area contributed by atoms with Gasteiger partial charge >= 0.3 is 5.97 Å². The van der Waals surface area contributed by atoms with Crippen LogP contribution in [0.15, 0.2) is 60.8 Å². The van der Waals surface area contributed by atoms with E-state index in [1.165, 1.54) is 17.8 Å². The fourth-order valence-electron chi connectivity index (χ4n) is 4.08. The molecule has 1 aliphatic heterocycles. The summed E-state index contributed by atoms with van der Waals surface area (Å²) >= 11 is 5.87. The van der Waals surface area contributed by atoms with Crippen molar-refractivity contribution in [3.63, 3.8) is 0 Å². The van der Waals surface area contributed by atoms with E-state index >= 15 is 0 Å². The third-order valence-corrected chi connectivity index (χ3v) is 5.97. The van der Waals surface area contributed by atoms with Crippen molar-refractivity contribution >= 4 is 40.7 Å². The van der Waals surface area contributed by atoms with E-state index in [-0.39, 0.29) is 17.5 Å². The Balaban J connectivity index is 1.52. The Labute approximate surface area is 197 Å². The number of amides is 1. The van der Waals surface area contributed by atoms with Gasteiger partial charge in [-0.05, 0) is 61.9 Å². The zero-order valence-electron chi connectivity index (χ0n) is 18.5. The van der Waals surface area contributed by atoms with Crippen molar-refractivity contribution < 1.29 is 14.7 Å². The quantitative estimate of drug-likeness (QED) is 0.568. The summed E-state index contributed by atoms with van der Waals surface area (Å²) < 4.78 is 0. The van der Waals surface area contributed by atoms with Crippen molar-refractivity contribution in [2.24, 2.45) is 0 Å². The van der Waals surface area contributed by atoms with Crippen molar-refractivity contribution in [3.05, 3.63) is 82.5 Å². The summed E-state index contributed by atoms with van der Waals surface area (Å²) in [6.07, 6.45) is 1.49. The lowest BCUT2D eigenvalue weighted by Crippen LogP contribution is -2.52. The number of pyridine rings is 1. The average Bonchev–Trinajstić information content (AvgIpc) is 2.79. The van der Waals surface area contributed by atoms with Crippen molar-refractivity contribution in [3.8, 4) is 0 Å². The van der Waals surface area contributed by atoms with Crippen molar-refractivity contribution in [2.45, 2.75) is 19.9 Å². The van der Waals surface area contributed by atoms with Gasteiger partial charge in [-0.3, -0.25) is 4.79 Å². The van der Waals surface area contributed by atoms with E-state index in [1.807, 2.05) is 11.0 Å². The number of nitrogens with one attached hydrogen (secondary N) is 1. The Kier molecular flexibility index (Phi) is 6.51. The summed E-state index contributed by atoms with van der Waals surface area (Å²) in [6, 6.07) is 16.5. The molecule has 1 amide bonds. The Morgan fingerprint density at radius 3 is 2.55 bits per heavy atom. The predicted molar refractivity (Wildman–Crippen MR) is 131 cm³/mol. The van der Waals surface area contributed by atoms with Gasteiger partial charge in [-0.25, -0.2) is 9.78 Å². The number of aryl methyl sites for hydroxylation is 1. The van der Waals surface area contributed by atoms with Crippen molar-refractivity contribution in [1.29, 1.82) is 0 Å². The van der Waals surface area contributed by atoms with Gasteiger partial charge in [0.15, 0.2) is 0 Å². The first kappa shape index (κ1) is 22.6. The second-order valence-corrected chi connectivity index (χ2v) is 8.63. The number of benzene rings is 2. The van der Waals surface area contributed by atoms with Crippen LogP contribution >= 0.6 is 11.6 Å². The summed E-state index contributed by atoms with van der Waals surface area (Å²) in [7, 11) is 0. The number of piperazine rings is 1. The van der Waals surface area contributed by atoms with Gasteiger partial charge in [0, 0.05) is 41.9 Å². The molecule has 0 aliphatic carbocycles. The van der Waals surface area contributed by atoms with E-state index in [0.29, 0.717) is 35.2 Å². The molecule has 7 nitrogen and oxygen atoms in total. The lowest BCUT2D eigenvalue weighted by molar-refractivity contribution is 0.0696. The molecule has 1 atom stereocenters. The highest BCUT2D eigenvalue weighted by molar-refractivity contribution is 6.30. The maximum Gasteiger partial charge on any atom is 0.339 e. The molecule has 170 valence electrons. The van der Waals surface area contributed by atoms with Crippen LogP contribution in [0.2, 0.25) is 5.02 Å². The number of rotatable bonds is 5. The standard InChI is InChI=1S/C25H25ClN4O3/c1-16-4-3-5-21(12-16)30-11-10-29(15-17(30)2)23-22(25(32)33)13-20(14-27-23)28-24(31)18-6-8-19(26)9-7-18/h3-9,12-14,17H,10-11,15H2,1-2H3,(H,28,31)(H,32,33)/t17-/m1/s1. The Bertz CT molecular complexity index is 1180. The Hall–Kier alpha value is -3.58. The molecular weight excluding hydrogens is 440 g/mol. The van der Waals surface area contributed by atoms with Gasteiger partial charge in [-0.2, -0.15) is 0 Å². The molecule has 3 aromatic rings. The second kappa shape index (κ2) is 9.50. The van der Waals surface area contributed by atoms with Crippen LogP contribution in [0.5, 0.6) is 0 Å². The van der Waals surface area contributed by atoms with Gasteiger partial charge in [-0.15, -0.1) is 0 Å². The summed E-state index contributed by atoms with van der Waals surface area (Å²) in [5, 5.41) is 13.1. The highest BCUT2D eigenvalue weighted by Gasteiger charge is 2.28. The van der Waals surface area contributed by atoms with E-state index in [2.05, 4.69) is 47.2 Å². The molecule has 0 spiro atoms. The third-order valence-electron chi connectivity index (χ3n) is 5.72. The maximum atomic E-state index is 12.5. The number of aromatic nitrogens is 1. The van der Waals surface area contributed by atoms with Crippen LogP contribution in [0, 0.1) is 6.92 Å². The molecule has 2 N–H and O–H groups in total. The maximum absolute atomic E-state index is 12.5. The van der Waals surface area contributed by atoms with Crippen molar-refractivity contribution in [1.82, 2.24) is 4.98 Å². The van der Waals surface area contributed by atoms with E-state index in [0.717, 1.165) is 12.2 Å². The van der Waals surface area contributed by atoms with Gasteiger partial charge in [0.05, 0.1) is 11.9 Å². The minimum atomic E-state index is -1.09. The summed E-state index contributed by atoms with van der Waals surface area (Å²) in [5.41, 5.74) is 3.16. The molecule has 33 heavy (non-hydrogen) atoms. The van der Waals surface area contributed by atoms with Gasteiger partial charge in [0.25, 0.3) is 5.91 Å². The number of hydrogen-bond donors (Lipinski definition) is 2. The monoisotopic (exact) mass is 464 g/mol. The summed E-state index contributed by atoms with van der Waals surface area (Å²) in [6.45, 7) is 6.22. The van der Waals surface area contributed by atoms with Crippen LogP contribution < -0.4 is 15.1 Å². The number of carbonyl (C=O) groups is 2. The average molecular weight is 465 g/mol. The molecule has 2 heterocycles. The van der Waals surface area contributed by atoms with Crippen LogP contribution in [-0.2, 0) is 0 Å². The van der Waals surface area contributed by atoms with E-state index < -0.39 is 5.97 Å². The smallest absolute Gasteiger partial charge is 0.339 e. The molecule has 0 saturated carbocycles. The predicted octanol–water partition coefficient (Wildman–Crippen LogP) is 4.71. The number of hydrogen-bond acceptors (Lipinski definition) is 5. The van der Waals surface area contributed by atoms with Crippen LogP contribution in [0.25, 0.3) is 0 Å². The lowest BCUT2D eigenvalue weighted by Gasteiger charge is -2.42. The fourth-order valence-corrected chi connectivity index (χ4v) is 4.21. The molecule has 1 aliphatic rings. The minimum Gasteiger partial charge on any atom is -0.478 e. The van der Waals surface area contributed by atoms with Crippen LogP contribution in [-0.4, -0.2) is 47.6 Å². The molecule has 0 unspecified atom stereocenters. The zero-order chi connectivity index (χ0) is 23.5. The summed E-state index contributed by atoms with van der Waals surface area (Å²) in [4.78, 5) is 33.2. The largest absolute Gasteiger partial charge is 0.478 e. The molecule has 1 aromatic heterocycles. The van der Waals surface area contributed by atoms with Crippen LogP contribution in [0.1, 0.15) is 33.2 Å². The first-order chi connectivity index (χ1) is 15.8. The number of carbonyl (C=O) groups excluding carboxylic acids is 1. The van der Waals surface area contributed by atoms with E-state index in [9.17, 15) is 14.7 Å². The summed E-state index contributed by atoms with van der Waals surface area (Å²) in [5.74, 6) is -1.05. The van der Waals surface area contributed by atoms with Crippen LogP contribution in [0.4, 0.5) is 17.2 Å². The Morgan fingerprint density at radius 2 is 1.88 bits per heavy atom. The zero-order valence-corrected chi connectivity index (χ0v) is 19.2. The van der Waals surface area contributed by atoms with E-state index in [4.69, 9.17) is 11.6 Å². The van der Waals surface area contributed by atoms with Gasteiger partial charge in [-0.1, -0.05) is 23.7 Å². The molecule has 8 heteroatoms. The van der Waals surface area contributed by atoms with E-state index in [1.54, 1.807) is 24.3 Å². The number of carboxylic acid groups (broad SMARTS) is 1. The molecule has 1 fully saturated rings. The second-order valence-electron chi connectivity index (χ2n) is 8.19. The SMILES string of the molecule is Cc1cccc(N2CCN(c3ncc(NC(=O)c4ccc(Cl)cc4)cc3C(=O)O)C[C@H]2C)c1. The Morgan fingerprint density at radius 1 is 1.12 bits per heavy atom. The molecule has 1 saturated heterocycles. The molecule has 4 rings (SSSR count). The highest BCUT2D eigenvalue weighted by Crippen LogP contribution is 2.27. The van der Waals surface area contributed by atoms with Gasteiger partial charge in [0.1, 0.15) is 11.4 Å². The topological polar surface area (TPSA) is 85.8 Å². The molecule has 0 bridgehead atoms. The first-order valence-corrected chi connectivity index (χ1v) is 11.1. The molecule has 0 radical (unpaired) electrons. The minimum absolute atomic E-state index is 0.0557. The molecular formula is C25H25ClN4O3. The number of anilines is 3.